The first kappa shape index (κ1) is 17.6. The maximum absolute atomic E-state index is 12.4. The monoisotopic (exact) mass is 385 g/mol. The predicted molar refractivity (Wildman–Crippen MR) is 96.0 cm³/mol. The molecule has 1 N–H and O–H groups in total. The molecule has 1 fully saturated rings. The summed E-state index contributed by atoms with van der Waals surface area (Å²) in [6.07, 6.45) is 1.43. The van der Waals surface area contributed by atoms with Crippen LogP contribution in [0.25, 0.3) is 0 Å². The molecule has 0 aromatic carbocycles. The van der Waals surface area contributed by atoms with Crippen LogP contribution in [0.2, 0.25) is 10.2 Å². The minimum absolute atomic E-state index is 0.133. The molecule has 2 aromatic rings. The summed E-state index contributed by atoms with van der Waals surface area (Å²) in [6, 6.07) is 5.78. The Hall–Kier alpha value is -1.18. The maximum atomic E-state index is 12.4. The fraction of sp³-hybridized carbons (Fsp3) is 0.375. The molecule has 1 aliphatic rings. The molecule has 0 aliphatic carbocycles. The van der Waals surface area contributed by atoms with Gasteiger partial charge in [0.2, 0.25) is 0 Å². The maximum Gasteiger partial charge on any atom is 0.252 e. The average Bonchev–Trinajstić information content (AvgIpc) is 3.12. The first-order valence-electron chi connectivity index (χ1n) is 7.59. The molecule has 24 heavy (non-hydrogen) atoms. The van der Waals surface area contributed by atoms with Gasteiger partial charge in [0.05, 0.1) is 29.8 Å². The van der Waals surface area contributed by atoms with Crippen LogP contribution in [0.5, 0.6) is 0 Å². The molecule has 2 aromatic heterocycles. The van der Waals surface area contributed by atoms with Gasteiger partial charge in [-0.2, -0.15) is 0 Å². The van der Waals surface area contributed by atoms with E-state index in [1.54, 1.807) is 11.3 Å². The van der Waals surface area contributed by atoms with Gasteiger partial charge in [-0.25, -0.2) is 4.98 Å². The molecule has 0 spiro atoms. The first-order chi connectivity index (χ1) is 11.6. The summed E-state index contributed by atoms with van der Waals surface area (Å²) < 4.78 is 5.43. The quantitative estimate of drug-likeness (QED) is 0.802. The normalized spacial score (nSPS) is 16.8. The highest BCUT2D eigenvalue weighted by Crippen LogP contribution is 2.25. The van der Waals surface area contributed by atoms with E-state index in [0.29, 0.717) is 25.3 Å². The molecule has 1 saturated heterocycles. The Kier molecular flexibility index (Phi) is 6.08. The number of thiophene rings is 1. The van der Waals surface area contributed by atoms with Crippen molar-refractivity contribution >= 4 is 40.4 Å². The van der Waals surface area contributed by atoms with E-state index in [-0.39, 0.29) is 22.1 Å². The third kappa shape index (κ3) is 4.26. The van der Waals surface area contributed by atoms with Gasteiger partial charge < -0.3 is 10.1 Å². The number of rotatable bonds is 5. The van der Waals surface area contributed by atoms with E-state index in [2.05, 4.69) is 21.3 Å². The summed E-state index contributed by atoms with van der Waals surface area (Å²) in [5.41, 5.74) is 0.399. The zero-order chi connectivity index (χ0) is 16.9. The Morgan fingerprint density at radius 1 is 1.42 bits per heavy atom. The van der Waals surface area contributed by atoms with Crippen LogP contribution in [0.1, 0.15) is 21.3 Å². The van der Waals surface area contributed by atoms with Crippen molar-refractivity contribution in [3.63, 3.8) is 0 Å². The molecule has 0 radical (unpaired) electrons. The summed E-state index contributed by atoms with van der Waals surface area (Å²) >= 11 is 13.4. The molecule has 1 atom stereocenters. The lowest BCUT2D eigenvalue weighted by molar-refractivity contribution is 0.0169. The number of morpholine rings is 1. The van der Waals surface area contributed by atoms with Gasteiger partial charge in [-0.15, -0.1) is 11.3 Å². The van der Waals surface area contributed by atoms with Crippen molar-refractivity contribution in [3.8, 4) is 0 Å². The number of halogens is 2. The van der Waals surface area contributed by atoms with Crippen LogP contribution in [0.15, 0.2) is 29.8 Å². The van der Waals surface area contributed by atoms with Gasteiger partial charge >= 0.3 is 0 Å². The summed E-state index contributed by atoms with van der Waals surface area (Å²) in [7, 11) is 0. The van der Waals surface area contributed by atoms with Crippen LogP contribution in [0, 0.1) is 0 Å². The predicted octanol–water partition coefficient (Wildman–Crippen LogP) is 3.25. The van der Waals surface area contributed by atoms with E-state index in [9.17, 15) is 4.79 Å². The second kappa shape index (κ2) is 8.27. The fourth-order valence-corrected chi connectivity index (χ4v) is 3.75. The van der Waals surface area contributed by atoms with E-state index in [0.717, 1.165) is 13.1 Å². The summed E-state index contributed by atoms with van der Waals surface area (Å²) in [5.74, 6) is -0.212. The molecule has 8 heteroatoms. The molecule has 5 nitrogen and oxygen atoms in total. The molecular weight excluding hydrogens is 369 g/mol. The van der Waals surface area contributed by atoms with Crippen LogP contribution in [-0.4, -0.2) is 48.6 Å². The molecule has 1 amide bonds. The Morgan fingerprint density at radius 2 is 2.21 bits per heavy atom. The topological polar surface area (TPSA) is 54.5 Å². The van der Waals surface area contributed by atoms with Crippen molar-refractivity contribution in [1.29, 1.82) is 0 Å². The Morgan fingerprint density at radius 3 is 2.88 bits per heavy atom. The van der Waals surface area contributed by atoms with Crippen molar-refractivity contribution in [2.75, 3.05) is 32.8 Å². The number of hydrogen-bond acceptors (Lipinski definition) is 5. The van der Waals surface area contributed by atoms with Gasteiger partial charge in [0.1, 0.15) is 5.15 Å². The lowest BCUT2D eigenvalue weighted by Crippen LogP contribution is -2.43. The van der Waals surface area contributed by atoms with E-state index in [1.807, 2.05) is 11.4 Å². The average molecular weight is 386 g/mol. The largest absolute Gasteiger partial charge is 0.379 e. The molecular formula is C16H17Cl2N3O2S. The van der Waals surface area contributed by atoms with Crippen molar-refractivity contribution < 1.29 is 9.53 Å². The number of nitrogens with one attached hydrogen (secondary N) is 1. The molecule has 3 rings (SSSR count). The zero-order valence-electron chi connectivity index (χ0n) is 12.9. The van der Waals surface area contributed by atoms with Gasteiger partial charge in [0.15, 0.2) is 0 Å². The number of nitrogens with zero attached hydrogens (tertiary/aromatic N) is 2. The van der Waals surface area contributed by atoms with Crippen LogP contribution >= 0.6 is 34.5 Å². The number of ether oxygens (including phenoxy) is 1. The molecule has 0 unspecified atom stereocenters. The highest BCUT2D eigenvalue weighted by atomic mass is 35.5. The van der Waals surface area contributed by atoms with E-state index in [4.69, 9.17) is 27.9 Å². The minimum atomic E-state index is -0.212. The lowest BCUT2D eigenvalue weighted by Gasteiger charge is -2.34. The molecule has 1 aliphatic heterocycles. The fourth-order valence-electron chi connectivity index (χ4n) is 2.62. The molecule has 3 heterocycles. The number of aromatic nitrogens is 1. The van der Waals surface area contributed by atoms with Crippen molar-refractivity contribution in [3.05, 3.63) is 50.4 Å². The van der Waals surface area contributed by atoms with Gasteiger partial charge in [-0.1, -0.05) is 29.3 Å². The number of pyridine rings is 1. The summed E-state index contributed by atoms with van der Waals surface area (Å²) in [6.45, 7) is 3.65. The number of hydrogen-bond donors (Lipinski definition) is 1. The highest BCUT2D eigenvalue weighted by Gasteiger charge is 2.24. The van der Waals surface area contributed by atoms with Crippen LogP contribution in [0.4, 0.5) is 0 Å². The number of carbonyl (C=O) groups is 1. The summed E-state index contributed by atoms with van der Waals surface area (Å²) in [4.78, 5) is 19.8. The highest BCUT2D eigenvalue weighted by molar-refractivity contribution is 7.10. The SMILES string of the molecule is O=C(NC[C@@H](c1cccs1)N1CCOCC1)c1cnc(Cl)c(Cl)c1. The molecule has 0 saturated carbocycles. The van der Waals surface area contributed by atoms with Gasteiger partial charge in [-0.3, -0.25) is 9.69 Å². The second-order valence-corrected chi connectivity index (χ2v) is 7.13. The van der Waals surface area contributed by atoms with Crippen LogP contribution < -0.4 is 5.32 Å². The van der Waals surface area contributed by atoms with Crippen LogP contribution in [-0.2, 0) is 4.74 Å². The Balaban J connectivity index is 1.68. The van der Waals surface area contributed by atoms with Crippen molar-refractivity contribution in [2.45, 2.75) is 6.04 Å². The Bertz CT molecular complexity index is 691. The number of amides is 1. The number of carbonyl (C=O) groups excluding carboxylic acids is 1. The van der Waals surface area contributed by atoms with E-state index < -0.39 is 0 Å². The second-order valence-electron chi connectivity index (χ2n) is 5.39. The van der Waals surface area contributed by atoms with E-state index in [1.165, 1.54) is 17.1 Å². The Labute approximate surface area is 154 Å². The van der Waals surface area contributed by atoms with Crippen molar-refractivity contribution in [1.82, 2.24) is 15.2 Å². The zero-order valence-corrected chi connectivity index (χ0v) is 15.2. The third-order valence-corrected chi connectivity index (χ3v) is 5.53. The standard InChI is InChI=1S/C16H17Cl2N3O2S/c17-12-8-11(9-19-15(12)18)16(22)20-10-13(14-2-1-7-24-14)21-3-5-23-6-4-21/h1-2,7-9,13H,3-6,10H2,(H,20,22)/t13-/m0/s1. The first-order valence-corrected chi connectivity index (χ1v) is 9.23. The van der Waals surface area contributed by atoms with Gasteiger partial charge in [0.25, 0.3) is 5.91 Å². The molecule has 0 bridgehead atoms. The van der Waals surface area contributed by atoms with Gasteiger partial charge in [0, 0.05) is 30.7 Å². The summed E-state index contributed by atoms with van der Waals surface area (Å²) in [5, 5.41) is 5.49. The van der Waals surface area contributed by atoms with Crippen molar-refractivity contribution in [2.24, 2.45) is 0 Å². The minimum Gasteiger partial charge on any atom is -0.379 e. The smallest absolute Gasteiger partial charge is 0.252 e. The van der Waals surface area contributed by atoms with Crippen LogP contribution in [0.3, 0.4) is 0 Å². The van der Waals surface area contributed by atoms with E-state index >= 15 is 0 Å². The third-order valence-electron chi connectivity index (χ3n) is 3.87. The molecule has 128 valence electrons. The lowest BCUT2D eigenvalue weighted by atomic mass is 10.1. The van der Waals surface area contributed by atoms with Gasteiger partial charge in [-0.05, 0) is 17.5 Å².